The molecule has 1 amide bonds. The topological polar surface area (TPSA) is 91.2 Å². The number of rotatable bonds is 6. The van der Waals surface area contributed by atoms with E-state index < -0.39 is 5.97 Å². The number of hydrogen-bond acceptors (Lipinski definition) is 5. The predicted molar refractivity (Wildman–Crippen MR) is 83.4 cm³/mol. The maximum Gasteiger partial charge on any atom is 0.350 e. The number of nitriles is 1. The van der Waals surface area contributed by atoms with Crippen molar-refractivity contribution in [2.45, 2.75) is 13.3 Å². The van der Waals surface area contributed by atoms with E-state index in [0.717, 1.165) is 0 Å². The van der Waals surface area contributed by atoms with Gasteiger partial charge in [-0.05, 0) is 18.6 Å². The van der Waals surface area contributed by atoms with E-state index in [2.05, 4.69) is 10.6 Å². The van der Waals surface area contributed by atoms with Gasteiger partial charge >= 0.3 is 5.97 Å². The minimum absolute atomic E-state index is 0.185. The number of anilines is 1. The number of ether oxygens (including phenoxy) is 1. The summed E-state index contributed by atoms with van der Waals surface area (Å²) >= 11 is 6.12. The third kappa shape index (κ3) is 4.50. The quantitative estimate of drug-likeness (QED) is 0.477. The number of hydrogen-bond donors (Lipinski definition) is 2. The molecule has 6 nitrogen and oxygen atoms in total. The van der Waals surface area contributed by atoms with E-state index in [1.165, 1.54) is 13.2 Å². The van der Waals surface area contributed by atoms with Gasteiger partial charge in [-0.15, -0.1) is 0 Å². The largest absolute Gasteiger partial charge is 0.462 e. The lowest BCUT2D eigenvalue weighted by molar-refractivity contribution is -0.138. The molecule has 0 aliphatic carbocycles. The summed E-state index contributed by atoms with van der Waals surface area (Å²) in [6.45, 7) is 2.09. The third-order valence-electron chi connectivity index (χ3n) is 2.62. The van der Waals surface area contributed by atoms with E-state index in [0.29, 0.717) is 12.1 Å². The van der Waals surface area contributed by atoms with Crippen LogP contribution in [-0.2, 0) is 9.53 Å². The molecule has 0 aliphatic rings. The fourth-order valence-corrected chi connectivity index (χ4v) is 1.78. The molecule has 0 spiro atoms. The molecule has 116 valence electrons. The average molecular weight is 322 g/mol. The van der Waals surface area contributed by atoms with Crippen molar-refractivity contribution in [3.63, 3.8) is 0 Å². The Hall–Kier alpha value is -2.52. The van der Waals surface area contributed by atoms with Gasteiger partial charge < -0.3 is 15.4 Å². The number of nitrogens with one attached hydrogen (secondary N) is 2. The van der Waals surface area contributed by atoms with Crippen molar-refractivity contribution >= 4 is 29.2 Å². The van der Waals surface area contributed by atoms with Gasteiger partial charge in [0.2, 0.25) is 0 Å². The molecule has 0 saturated carbocycles. The first-order valence-corrected chi connectivity index (χ1v) is 6.97. The minimum atomic E-state index is -0.713. The molecule has 1 aromatic rings. The molecule has 0 unspecified atom stereocenters. The fourth-order valence-electron chi connectivity index (χ4n) is 1.51. The molecule has 0 saturated heterocycles. The Labute approximate surface area is 133 Å². The lowest BCUT2D eigenvalue weighted by Crippen LogP contribution is -2.18. The first-order valence-electron chi connectivity index (χ1n) is 6.59. The summed E-state index contributed by atoms with van der Waals surface area (Å²) in [6.07, 6.45) is 1.87. The number of carbonyl (C=O) groups excluding carboxylic acids is 2. The van der Waals surface area contributed by atoms with Crippen molar-refractivity contribution in [3.05, 3.63) is 40.6 Å². The summed E-state index contributed by atoms with van der Waals surface area (Å²) in [5.74, 6) is -1.05. The average Bonchev–Trinajstić information content (AvgIpc) is 2.54. The molecule has 2 N–H and O–H groups in total. The van der Waals surface area contributed by atoms with Crippen molar-refractivity contribution in [2.24, 2.45) is 0 Å². The molecule has 7 heteroatoms. The number of esters is 1. The second-order valence-electron chi connectivity index (χ2n) is 4.20. The number of nitrogens with zero attached hydrogens (tertiary/aromatic N) is 1. The highest BCUT2D eigenvalue weighted by atomic mass is 35.5. The van der Waals surface area contributed by atoms with Crippen LogP contribution < -0.4 is 10.6 Å². The van der Waals surface area contributed by atoms with E-state index in [1.54, 1.807) is 24.3 Å². The van der Waals surface area contributed by atoms with Gasteiger partial charge in [-0.2, -0.15) is 5.26 Å². The molecule has 0 aromatic heterocycles. The van der Waals surface area contributed by atoms with Gasteiger partial charge in [0.1, 0.15) is 6.07 Å². The lowest BCUT2D eigenvalue weighted by atomic mass is 10.2. The SMILES string of the molecule is CCCOC(=O)C(C#N)=CNc1cccc(C(=O)NC)c1Cl. The van der Waals surface area contributed by atoms with Crippen molar-refractivity contribution < 1.29 is 14.3 Å². The summed E-state index contributed by atoms with van der Waals surface area (Å²) in [5.41, 5.74) is 0.503. The molecule has 0 aliphatic heterocycles. The Balaban J connectivity index is 2.95. The maximum atomic E-state index is 11.6. The Morgan fingerprint density at radius 2 is 2.18 bits per heavy atom. The predicted octanol–water partition coefficient (Wildman–Crippen LogP) is 2.47. The van der Waals surface area contributed by atoms with Crippen LogP contribution in [0.15, 0.2) is 30.0 Å². The number of amides is 1. The summed E-state index contributed by atoms with van der Waals surface area (Å²) in [5, 5.41) is 14.4. The lowest BCUT2D eigenvalue weighted by Gasteiger charge is -2.09. The molecular formula is C15H16ClN3O3. The zero-order chi connectivity index (χ0) is 16.5. The normalized spacial score (nSPS) is 10.5. The van der Waals surface area contributed by atoms with Gasteiger partial charge in [0.15, 0.2) is 5.57 Å². The van der Waals surface area contributed by atoms with Gasteiger partial charge in [-0.25, -0.2) is 4.79 Å². The standard InChI is InChI=1S/C15H16ClN3O3/c1-3-7-22-15(21)10(8-17)9-19-12-6-4-5-11(13(12)16)14(20)18-2/h4-6,9,19H,3,7H2,1-2H3,(H,18,20). The van der Waals surface area contributed by atoms with Crippen molar-refractivity contribution in [1.82, 2.24) is 5.32 Å². The van der Waals surface area contributed by atoms with Crippen LogP contribution in [0.5, 0.6) is 0 Å². The van der Waals surface area contributed by atoms with E-state index >= 15 is 0 Å². The summed E-state index contributed by atoms with van der Waals surface area (Å²) in [7, 11) is 1.50. The zero-order valence-corrected chi connectivity index (χ0v) is 13.0. The van der Waals surface area contributed by atoms with Crippen LogP contribution in [0.2, 0.25) is 5.02 Å². The Kier molecular flexibility index (Phi) is 6.93. The van der Waals surface area contributed by atoms with Gasteiger partial charge in [0.25, 0.3) is 5.91 Å². The van der Waals surface area contributed by atoms with Crippen molar-refractivity contribution in [1.29, 1.82) is 5.26 Å². The van der Waals surface area contributed by atoms with Crippen LogP contribution in [0.3, 0.4) is 0 Å². The molecule has 22 heavy (non-hydrogen) atoms. The molecule has 1 rings (SSSR count). The van der Waals surface area contributed by atoms with Crippen LogP contribution in [0.4, 0.5) is 5.69 Å². The summed E-state index contributed by atoms with van der Waals surface area (Å²) < 4.78 is 4.88. The van der Waals surface area contributed by atoms with Gasteiger partial charge in [-0.3, -0.25) is 4.79 Å². The van der Waals surface area contributed by atoms with Crippen LogP contribution >= 0.6 is 11.6 Å². The van der Waals surface area contributed by atoms with E-state index in [-0.39, 0.29) is 28.7 Å². The van der Waals surface area contributed by atoms with Crippen LogP contribution in [0, 0.1) is 11.3 Å². The van der Waals surface area contributed by atoms with Gasteiger partial charge in [-0.1, -0.05) is 24.6 Å². The molecule has 0 bridgehead atoms. The van der Waals surface area contributed by atoms with E-state index in [9.17, 15) is 9.59 Å². The van der Waals surface area contributed by atoms with E-state index in [1.807, 2.05) is 6.92 Å². The second-order valence-corrected chi connectivity index (χ2v) is 4.57. The highest BCUT2D eigenvalue weighted by molar-refractivity contribution is 6.36. The molecular weight excluding hydrogens is 306 g/mol. The third-order valence-corrected chi connectivity index (χ3v) is 3.03. The highest BCUT2D eigenvalue weighted by Gasteiger charge is 2.13. The molecule has 0 heterocycles. The van der Waals surface area contributed by atoms with Crippen LogP contribution in [-0.4, -0.2) is 25.5 Å². The molecule has 0 fully saturated rings. The summed E-state index contributed by atoms with van der Waals surface area (Å²) in [4.78, 5) is 23.3. The fraction of sp³-hybridized carbons (Fsp3) is 0.267. The Morgan fingerprint density at radius 1 is 1.45 bits per heavy atom. The van der Waals surface area contributed by atoms with Crippen molar-refractivity contribution in [3.8, 4) is 6.07 Å². The van der Waals surface area contributed by atoms with Gasteiger partial charge in [0, 0.05) is 13.2 Å². The van der Waals surface area contributed by atoms with Gasteiger partial charge in [0.05, 0.1) is 22.9 Å². The Bertz CT molecular complexity index is 635. The molecule has 1 aromatic carbocycles. The number of halogens is 1. The van der Waals surface area contributed by atoms with Crippen LogP contribution in [0.25, 0.3) is 0 Å². The first-order chi connectivity index (χ1) is 10.5. The highest BCUT2D eigenvalue weighted by Crippen LogP contribution is 2.26. The van der Waals surface area contributed by atoms with Crippen LogP contribution in [0.1, 0.15) is 23.7 Å². The number of carbonyl (C=O) groups is 2. The first kappa shape index (κ1) is 17.5. The molecule has 0 radical (unpaired) electrons. The van der Waals surface area contributed by atoms with E-state index in [4.69, 9.17) is 21.6 Å². The smallest absolute Gasteiger partial charge is 0.350 e. The minimum Gasteiger partial charge on any atom is -0.462 e. The number of benzene rings is 1. The molecule has 0 atom stereocenters. The van der Waals surface area contributed by atoms with Crippen molar-refractivity contribution in [2.75, 3.05) is 19.0 Å². The Morgan fingerprint density at radius 3 is 2.77 bits per heavy atom. The monoisotopic (exact) mass is 321 g/mol. The zero-order valence-electron chi connectivity index (χ0n) is 12.3. The second kappa shape index (κ2) is 8.70. The summed E-state index contributed by atoms with van der Waals surface area (Å²) in [6, 6.07) is 6.57. The maximum absolute atomic E-state index is 11.6.